The number of carbonyl (C=O) groups is 4. The number of fused-ring (bicyclic) bond motifs is 2. The van der Waals surface area contributed by atoms with Crippen LogP contribution in [0.1, 0.15) is 68.2 Å². The van der Waals surface area contributed by atoms with Crippen LogP contribution in [0.2, 0.25) is 0 Å². The Kier molecular flexibility index (Phi) is 12.2. The van der Waals surface area contributed by atoms with Crippen molar-refractivity contribution < 1.29 is 56.4 Å². The number of halogens is 2. The van der Waals surface area contributed by atoms with Crippen molar-refractivity contribution in [1.29, 1.82) is 0 Å². The Morgan fingerprint density at radius 2 is 1.06 bits per heavy atom. The fourth-order valence-electron chi connectivity index (χ4n) is 5.46. The maximum Gasteiger partial charge on any atom is 0.306 e. The van der Waals surface area contributed by atoms with Gasteiger partial charge in [-0.05, 0) is 37.1 Å². The van der Waals surface area contributed by atoms with Crippen molar-refractivity contribution in [3.63, 3.8) is 0 Å². The molecule has 47 heavy (non-hydrogen) atoms. The second-order valence-electron chi connectivity index (χ2n) is 10.9. The van der Waals surface area contributed by atoms with Crippen LogP contribution in [-0.2, 0) is 54.8 Å². The van der Waals surface area contributed by atoms with Gasteiger partial charge in [0.15, 0.2) is 34.6 Å². The zero-order valence-electron chi connectivity index (χ0n) is 27.1. The number of benzene rings is 2. The third-order valence-corrected chi connectivity index (χ3v) is 7.81. The van der Waals surface area contributed by atoms with Gasteiger partial charge in [-0.25, -0.2) is 8.78 Å². The van der Waals surface area contributed by atoms with Crippen molar-refractivity contribution in [3.05, 3.63) is 46.0 Å². The summed E-state index contributed by atoms with van der Waals surface area (Å²) < 4.78 is 63.0. The molecule has 2 heterocycles. The lowest BCUT2D eigenvalue weighted by molar-refractivity contribution is -0.146. The topological polar surface area (TPSA) is 130 Å². The lowest BCUT2D eigenvalue weighted by atomic mass is 10.1. The van der Waals surface area contributed by atoms with Crippen LogP contribution in [0.5, 0.6) is 23.0 Å². The van der Waals surface area contributed by atoms with Gasteiger partial charge in [0, 0.05) is 56.6 Å². The number of nitrogens with zero attached hydrogens (tertiary/aromatic N) is 2. The molecule has 4 rings (SSSR count). The molecule has 0 aromatic heterocycles. The third kappa shape index (κ3) is 8.40. The maximum absolute atomic E-state index is 15.6. The van der Waals surface area contributed by atoms with Gasteiger partial charge < -0.3 is 38.2 Å². The Hall–Kier alpha value is -4.62. The van der Waals surface area contributed by atoms with Gasteiger partial charge in [0.1, 0.15) is 0 Å². The van der Waals surface area contributed by atoms with Crippen LogP contribution in [0.4, 0.5) is 8.78 Å². The molecule has 0 fully saturated rings. The molecule has 0 atom stereocenters. The predicted molar refractivity (Wildman–Crippen MR) is 162 cm³/mol. The van der Waals surface area contributed by atoms with E-state index in [1.807, 2.05) is 0 Å². The Morgan fingerprint density at radius 3 is 1.43 bits per heavy atom. The number of hydrogen-bond donors (Lipinski definition) is 0. The smallest absolute Gasteiger partial charge is 0.306 e. The van der Waals surface area contributed by atoms with E-state index in [4.69, 9.17) is 28.4 Å². The SMILES string of the molecule is CCOC(=O)CCC(=O)N1Cc2cc(OC)c(OCCCOc3c(OC)cc4c(c3F)CN(C(=O)CCC(=O)OCC)C4)c(F)c2C1. The average molecular weight is 663 g/mol. The van der Waals surface area contributed by atoms with Gasteiger partial charge >= 0.3 is 11.9 Å². The molecule has 2 aliphatic heterocycles. The summed E-state index contributed by atoms with van der Waals surface area (Å²) >= 11 is 0. The summed E-state index contributed by atoms with van der Waals surface area (Å²) in [5.41, 5.74) is 1.77. The van der Waals surface area contributed by atoms with E-state index in [1.165, 1.54) is 24.0 Å². The molecule has 2 amide bonds. The minimum Gasteiger partial charge on any atom is -0.493 e. The largest absolute Gasteiger partial charge is 0.493 e. The second-order valence-corrected chi connectivity index (χ2v) is 10.9. The molecule has 14 heteroatoms. The number of rotatable bonds is 16. The highest BCUT2D eigenvalue weighted by Gasteiger charge is 2.32. The van der Waals surface area contributed by atoms with Crippen molar-refractivity contribution in [2.75, 3.05) is 40.6 Å². The third-order valence-electron chi connectivity index (χ3n) is 7.81. The van der Waals surface area contributed by atoms with Gasteiger partial charge in [0.25, 0.3) is 0 Å². The Labute approximate surface area is 271 Å². The summed E-state index contributed by atoms with van der Waals surface area (Å²) in [5.74, 6) is -2.71. The van der Waals surface area contributed by atoms with Crippen molar-refractivity contribution in [3.8, 4) is 23.0 Å². The highest BCUT2D eigenvalue weighted by Crippen LogP contribution is 2.40. The van der Waals surface area contributed by atoms with Gasteiger partial charge in [0.2, 0.25) is 11.8 Å². The number of carbonyl (C=O) groups excluding carboxylic acids is 4. The van der Waals surface area contributed by atoms with E-state index < -0.39 is 23.6 Å². The van der Waals surface area contributed by atoms with Crippen LogP contribution in [0.15, 0.2) is 12.1 Å². The Bertz CT molecular complexity index is 1390. The number of hydrogen-bond acceptors (Lipinski definition) is 10. The Morgan fingerprint density at radius 1 is 0.660 bits per heavy atom. The quantitative estimate of drug-likeness (QED) is 0.191. The standard InChI is InChI=1S/C33H40F2N2O10/c1-5-44-28(40)10-8-26(38)36-16-20-14-24(42-3)32(30(34)22(20)18-36)46-12-7-13-47-33-25(43-4)15-21-17-37(19-23(21)31(33)35)27(39)9-11-29(41)45-6-2/h14-15H,5-13,16-19H2,1-4H3. The maximum atomic E-state index is 15.6. The summed E-state index contributed by atoms with van der Waals surface area (Å²) in [6.45, 7) is 4.23. The zero-order valence-corrected chi connectivity index (χ0v) is 27.1. The average Bonchev–Trinajstić information content (AvgIpc) is 3.69. The molecule has 0 saturated carbocycles. The fourth-order valence-corrected chi connectivity index (χ4v) is 5.46. The number of amides is 2. The first-order valence-corrected chi connectivity index (χ1v) is 15.5. The van der Waals surface area contributed by atoms with Crippen molar-refractivity contribution in [2.24, 2.45) is 0 Å². The molecule has 0 bridgehead atoms. The van der Waals surface area contributed by atoms with Crippen LogP contribution in [0, 0.1) is 11.6 Å². The van der Waals surface area contributed by atoms with Crippen LogP contribution >= 0.6 is 0 Å². The molecular weight excluding hydrogens is 622 g/mol. The van der Waals surface area contributed by atoms with Gasteiger partial charge in [-0.3, -0.25) is 19.2 Å². The molecule has 0 saturated heterocycles. The van der Waals surface area contributed by atoms with Gasteiger partial charge in [0.05, 0.1) is 53.5 Å². The fraction of sp³-hybridized carbons (Fsp3) is 0.515. The van der Waals surface area contributed by atoms with Crippen LogP contribution in [-0.4, -0.2) is 74.2 Å². The monoisotopic (exact) mass is 662 g/mol. The normalized spacial score (nSPS) is 13.1. The zero-order chi connectivity index (χ0) is 34.1. The molecule has 2 aliphatic rings. The Balaban J connectivity index is 1.32. The van der Waals surface area contributed by atoms with Gasteiger partial charge in [-0.1, -0.05) is 0 Å². The summed E-state index contributed by atoms with van der Waals surface area (Å²) in [6, 6.07) is 3.25. The predicted octanol–water partition coefficient (Wildman–Crippen LogP) is 4.20. The van der Waals surface area contributed by atoms with Gasteiger partial charge in [-0.2, -0.15) is 0 Å². The number of methoxy groups -OCH3 is 2. The molecule has 0 radical (unpaired) electrons. The molecule has 12 nitrogen and oxygen atoms in total. The van der Waals surface area contributed by atoms with Crippen LogP contribution in [0.3, 0.4) is 0 Å². The summed E-state index contributed by atoms with van der Waals surface area (Å²) in [7, 11) is 2.76. The molecule has 2 aromatic carbocycles. The molecule has 0 aliphatic carbocycles. The summed E-state index contributed by atoms with van der Waals surface area (Å²) in [4.78, 5) is 51.4. The lowest BCUT2D eigenvalue weighted by Gasteiger charge is -2.16. The molecule has 2 aromatic rings. The van der Waals surface area contributed by atoms with Gasteiger partial charge in [-0.15, -0.1) is 0 Å². The summed E-state index contributed by atoms with van der Waals surface area (Å²) in [5, 5.41) is 0. The molecule has 0 unspecified atom stereocenters. The number of esters is 2. The van der Waals surface area contributed by atoms with E-state index in [0.29, 0.717) is 22.3 Å². The van der Waals surface area contributed by atoms with E-state index in [-0.39, 0.29) is 120 Å². The summed E-state index contributed by atoms with van der Waals surface area (Å²) in [6.07, 6.45) is 0.0473. The highest BCUT2D eigenvalue weighted by atomic mass is 19.1. The van der Waals surface area contributed by atoms with E-state index >= 15 is 8.78 Å². The van der Waals surface area contributed by atoms with E-state index in [1.54, 1.807) is 26.0 Å². The highest BCUT2D eigenvalue weighted by molar-refractivity contribution is 5.82. The molecule has 256 valence electrons. The first-order chi connectivity index (χ1) is 22.6. The van der Waals surface area contributed by atoms with E-state index in [2.05, 4.69) is 0 Å². The first-order valence-electron chi connectivity index (χ1n) is 15.5. The van der Waals surface area contributed by atoms with E-state index in [0.717, 1.165) is 0 Å². The first kappa shape index (κ1) is 35.2. The minimum absolute atomic E-state index is 0.00583. The lowest BCUT2D eigenvalue weighted by Crippen LogP contribution is -2.26. The van der Waals surface area contributed by atoms with Crippen molar-refractivity contribution in [1.82, 2.24) is 9.80 Å². The van der Waals surface area contributed by atoms with E-state index in [9.17, 15) is 19.2 Å². The molecule has 0 N–H and O–H groups in total. The molecular formula is C33H40F2N2O10. The van der Waals surface area contributed by atoms with Crippen LogP contribution < -0.4 is 18.9 Å². The van der Waals surface area contributed by atoms with Crippen LogP contribution in [0.25, 0.3) is 0 Å². The minimum atomic E-state index is -0.645. The van der Waals surface area contributed by atoms with Crippen molar-refractivity contribution >= 4 is 23.8 Å². The van der Waals surface area contributed by atoms with Crippen molar-refractivity contribution in [2.45, 2.75) is 72.1 Å². The second kappa shape index (κ2) is 16.3. The molecule has 0 spiro atoms. The number of ether oxygens (including phenoxy) is 6.